The zero-order chi connectivity index (χ0) is 10.4. The molecule has 0 saturated carbocycles. The van der Waals surface area contributed by atoms with Crippen LogP contribution in [0.3, 0.4) is 0 Å². The molecule has 0 unspecified atom stereocenters. The van der Waals surface area contributed by atoms with Gasteiger partial charge in [0.2, 0.25) is 6.54 Å². The maximum atomic E-state index is 10.1. The summed E-state index contributed by atoms with van der Waals surface area (Å²) in [6, 6.07) is 8.31. The van der Waals surface area contributed by atoms with Gasteiger partial charge in [-0.15, -0.1) is 0 Å². The lowest BCUT2D eigenvalue weighted by Crippen LogP contribution is -2.00. The topological polar surface area (TPSA) is 43.1 Å². The molecule has 0 heterocycles. The van der Waals surface area contributed by atoms with E-state index in [1.54, 1.807) is 0 Å². The first-order chi connectivity index (χ1) is 6.68. The summed E-state index contributed by atoms with van der Waals surface area (Å²) in [5.41, 5.74) is 2.51. The van der Waals surface area contributed by atoms with Gasteiger partial charge in [-0.3, -0.25) is 10.1 Å². The Morgan fingerprint density at radius 2 is 1.86 bits per heavy atom. The molecule has 0 N–H and O–H groups in total. The molecule has 0 saturated heterocycles. The first kappa shape index (κ1) is 10.7. The van der Waals surface area contributed by atoms with Crippen molar-refractivity contribution in [2.45, 2.75) is 26.2 Å². The van der Waals surface area contributed by atoms with Crippen molar-refractivity contribution in [2.75, 3.05) is 6.54 Å². The van der Waals surface area contributed by atoms with Crippen LogP contribution in [-0.4, -0.2) is 11.5 Å². The van der Waals surface area contributed by atoms with E-state index in [1.165, 1.54) is 11.1 Å². The minimum absolute atomic E-state index is 0.0891. The summed E-state index contributed by atoms with van der Waals surface area (Å²) in [5, 5.41) is 10.1. The first-order valence-corrected chi connectivity index (χ1v) is 4.86. The van der Waals surface area contributed by atoms with Crippen LogP contribution in [0.1, 0.15) is 24.0 Å². The molecule has 0 aliphatic rings. The molecule has 14 heavy (non-hydrogen) atoms. The summed E-state index contributed by atoms with van der Waals surface area (Å²) >= 11 is 0. The van der Waals surface area contributed by atoms with Crippen LogP contribution in [0.5, 0.6) is 0 Å². The molecule has 1 aromatic carbocycles. The number of hydrogen-bond acceptors (Lipinski definition) is 2. The van der Waals surface area contributed by atoms with E-state index in [9.17, 15) is 10.1 Å². The number of unbranched alkanes of at least 4 members (excludes halogenated alkanes) is 1. The second-order valence-corrected chi connectivity index (χ2v) is 3.50. The lowest BCUT2D eigenvalue weighted by molar-refractivity contribution is -0.480. The largest absolute Gasteiger partial charge is 0.265 e. The van der Waals surface area contributed by atoms with E-state index in [-0.39, 0.29) is 11.5 Å². The van der Waals surface area contributed by atoms with Crippen LogP contribution in [0.2, 0.25) is 0 Å². The summed E-state index contributed by atoms with van der Waals surface area (Å²) in [6.07, 6.45) is 2.50. The Kier molecular flexibility index (Phi) is 4.11. The fourth-order valence-corrected chi connectivity index (χ4v) is 1.32. The fourth-order valence-electron chi connectivity index (χ4n) is 1.32. The van der Waals surface area contributed by atoms with Crippen molar-refractivity contribution >= 4 is 0 Å². The molecule has 1 aromatic rings. The van der Waals surface area contributed by atoms with Crippen LogP contribution in [0.15, 0.2) is 24.3 Å². The zero-order valence-electron chi connectivity index (χ0n) is 8.40. The smallest absolute Gasteiger partial charge is 0.203 e. The summed E-state index contributed by atoms with van der Waals surface area (Å²) in [5.74, 6) is 0. The van der Waals surface area contributed by atoms with Crippen molar-refractivity contribution in [3.05, 3.63) is 45.5 Å². The molecule has 0 aliphatic heterocycles. The highest BCUT2D eigenvalue weighted by Gasteiger charge is 1.97. The first-order valence-electron chi connectivity index (χ1n) is 4.86. The SMILES string of the molecule is Cc1ccc(CCCC[N+](=O)[O-])cc1. The third-order valence-electron chi connectivity index (χ3n) is 2.18. The molecule has 76 valence electrons. The van der Waals surface area contributed by atoms with Gasteiger partial charge in [0.25, 0.3) is 0 Å². The second-order valence-electron chi connectivity index (χ2n) is 3.50. The van der Waals surface area contributed by atoms with Crippen LogP contribution in [0.4, 0.5) is 0 Å². The number of nitrogens with zero attached hydrogens (tertiary/aromatic N) is 1. The molecular formula is C11H15NO2. The van der Waals surface area contributed by atoms with Gasteiger partial charge in [0.15, 0.2) is 0 Å². The maximum Gasteiger partial charge on any atom is 0.203 e. The monoisotopic (exact) mass is 193 g/mol. The van der Waals surface area contributed by atoms with Gasteiger partial charge in [0.1, 0.15) is 0 Å². The van der Waals surface area contributed by atoms with Crippen molar-refractivity contribution in [1.29, 1.82) is 0 Å². The molecular weight excluding hydrogens is 178 g/mol. The third kappa shape index (κ3) is 4.03. The highest BCUT2D eigenvalue weighted by molar-refractivity contribution is 5.21. The summed E-state index contributed by atoms with van der Waals surface area (Å²) < 4.78 is 0. The Labute approximate surface area is 83.9 Å². The van der Waals surface area contributed by atoms with E-state index < -0.39 is 0 Å². The minimum atomic E-state index is -0.255. The standard InChI is InChI=1S/C11H15NO2/c1-10-5-7-11(8-6-10)4-2-3-9-12(13)14/h5-8H,2-4,9H2,1H3. The fraction of sp³-hybridized carbons (Fsp3) is 0.455. The van der Waals surface area contributed by atoms with Crippen molar-refractivity contribution in [1.82, 2.24) is 0 Å². The van der Waals surface area contributed by atoms with Gasteiger partial charge in [-0.2, -0.15) is 0 Å². The Morgan fingerprint density at radius 1 is 1.21 bits per heavy atom. The van der Waals surface area contributed by atoms with Crippen LogP contribution < -0.4 is 0 Å². The van der Waals surface area contributed by atoms with Gasteiger partial charge in [0.05, 0.1) is 0 Å². The molecule has 0 fully saturated rings. The van der Waals surface area contributed by atoms with Gasteiger partial charge < -0.3 is 0 Å². The predicted octanol–water partition coefficient (Wildman–Crippen LogP) is 2.59. The van der Waals surface area contributed by atoms with Gasteiger partial charge in [-0.1, -0.05) is 29.8 Å². The molecule has 0 aliphatic carbocycles. The Hall–Kier alpha value is -1.38. The van der Waals surface area contributed by atoms with Gasteiger partial charge in [-0.25, -0.2) is 0 Å². The normalized spacial score (nSPS) is 10.1. The number of rotatable bonds is 5. The van der Waals surface area contributed by atoms with Crippen molar-refractivity contribution in [3.63, 3.8) is 0 Å². The molecule has 0 atom stereocenters. The van der Waals surface area contributed by atoms with E-state index in [0.717, 1.165) is 12.8 Å². The van der Waals surface area contributed by atoms with E-state index >= 15 is 0 Å². The van der Waals surface area contributed by atoms with Gasteiger partial charge >= 0.3 is 0 Å². The van der Waals surface area contributed by atoms with E-state index in [4.69, 9.17) is 0 Å². The second kappa shape index (κ2) is 5.37. The molecule has 1 rings (SSSR count). The van der Waals surface area contributed by atoms with Crippen LogP contribution in [0, 0.1) is 17.0 Å². The maximum absolute atomic E-state index is 10.1. The summed E-state index contributed by atoms with van der Waals surface area (Å²) in [6.45, 7) is 2.14. The van der Waals surface area contributed by atoms with E-state index in [1.807, 2.05) is 0 Å². The van der Waals surface area contributed by atoms with E-state index in [0.29, 0.717) is 6.42 Å². The summed E-state index contributed by atoms with van der Waals surface area (Å²) in [7, 11) is 0. The van der Waals surface area contributed by atoms with Crippen molar-refractivity contribution in [2.24, 2.45) is 0 Å². The van der Waals surface area contributed by atoms with Crippen LogP contribution >= 0.6 is 0 Å². The zero-order valence-corrected chi connectivity index (χ0v) is 8.40. The highest BCUT2D eigenvalue weighted by Crippen LogP contribution is 2.06. The van der Waals surface area contributed by atoms with Crippen molar-refractivity contribution < 1.29 is 4.92 Å². The quantitative estimate of drug-likeness (QED) is 0.410. The number of aryl methyl sites for hydroxylation is 2. The average molecular weight is 193 g/mol. The van der Waals surface area contributed by atoms with Gasteiger partial charge in [-0.05, 0) is 25.3 Å². The van der Waals surface area contributed by atoms with Crippen LogP contribution in [-0.2, 0) is 6.42 Å². The molecule has 0 amide bonds. The van der Waals surface area contributed by atoms with Crippen LogP contribution in [0.25, 0.3) is 0 Å². The number of hydrogen-bond donors (Lipinski definition) is 0. The Balaban J connectivity index is 2.25. The highest BCUT2D eigenvalue weighted by atomic mass is 16.6. The molecule has 3 nitrogen and oxygen atoms in total. The Morgan fingerprint density at radius 3 is 2.43 bits per heavy atom. The van der Waals surface area contributed by atoms with E-state index in [2.05, 4.69) is 31.2 Å². The average Bonchev–Trinajstić information content (AvgIpc) is 2.15. The molecule has 3 heteroatoms. The number of benzene rings is 1. The minimum Gasteiger partial charge on any atom is -0.265 e. The summed E-state index contributed by atoms with van der Waals surface area (Å²) in [4.78, 5) is 9.81. The number of nitro groups is 1. The van der Waals surface area contributed by atoms with Crippen molar-refractivity contribution in [3.8, 4) is 0 Å². The lowest BCUT2D eigenvalue weighted by Gasteiger charge is -2.00. The third-order valence-corrected chi connectivity index (χ3v) is 2.18. The lowest BCUT2D eigenvalue weighted by atomic mass is 10.1. The molecule has 0 bridgehead atoms. The molecule has 0 radical (unpaired) electrons. The van der Waals surface area contributed by atoms with Gasteiger partial charge in [0, 0.05) is 11.3 Å². The molecule has 0 aromatic heterocycles. The Bertz CT molecular complexity index is 293. The predicted molar refractivity (Wildman–Crippen MR) is 56.0 cm³/mol. The molecule has 0 spiro atoms.